The fraction of sp³-hybridized carbons (Fsp3) is 0.250. The first-order valence-corrected chi connectivity index (χ1v) is 7.96. The second-order valence-electron chi connectivity index (χ2n) is 4.82. The van der Waals surface area contributed by atoms with E-state index >= 15 is 0 Å². The van der Waals surface area contributed by atoms with Gasteiger partial charge in [0.15, 0.2) is 0 Å². The number of benzene rings is 2. The molecule has 0 aliphatic rings. The van der Waals surface area contributed by atoms with Crippen LogP contribution in [0.3, 0.4) is 0 Å². The quantitative estimate of drug-likeness (QED) is 0.766. The highest BCUT2D eigenvalue weighted by atomic mass is 79.9. The van der Waals surface area contributed by atoms with E-state index in [0.29, 0.717) is 12.0 Å². The van der Waals surface area contributed by atoms with Crippen LogP contribution in [0.2, 0.25) is 0 Å². The molecule has 1 atom stereocenters. The summed E-state index contributed by atoms with van der Waals surface area (Å²) in [6.07, 6.45) is 1.25. The summed E-state index contributed by atoms with van der Waals surface area (Å²) in [4.78, 5) is 0. The predicted octanol–water partition coefficient (Wildman–Crippen LogP) is 4.74. The van der Waals surface area contributed by atoms with Crippen LogP contribution in [0.5, 0.6) is 0 Å². The lowest BCUT2D eigenvalue weighted by Gasteiger charge is -2.15. The Kier molecular flexibility index (Phi) is 5.75. The highest BCUT2D eigenvalue weighted by Gasteiger charge is 2.13. The van der Waals surface area contributed by atoms with Crippen molar-refractivity contribution in [2.75, 3.05) is 6.61 Å². The summed E-state index contributed by atoms with van der Waals surface area (Å²) in [7, 11) is 0. The van der Waals surface area contributed by atoms with Crippen LogP contribution < -0.4 is 0 Å². The molecule has 106 valence electrons. The Morgan fingerprint density at radius 2 is 1.75 bits per heavy atom. The first-order chi connectivity index (χ1) is 9.58. The highest BCUT2D eigenvalue weighted by molar-refractivity contribution is 9.10. The van der Waals surface area contributed by atoms with Crippen LogP contribution in [0.15, 0.2) is 51.4 Å². The lowest BCUT2D eigenvalue weighted by atomic mass is 9.93. The molecule has 0 aliphatic heterocycles. The fourth-order valence-electron chi connectivity index (χ4n) is 2.21. The van der Waals surface area contributed by atoms with Gasteiger partial charge in [-0.25, -0.2) is 4.39 Å². The normalized spacial score (nSPS) is 12.4. The van der Waals surface area contributed by atoms with Gasteiger partial charge in [-0.3, -0.25) is 0 Å². The summed E-state index contributed by atoms with van der Waals surface area (Å²) in [5.41, 5.74) is 1.77. The van der Waals surface area contributed by atoms with E-state index in [0.717, 1.165) is 20.9 Å². The van der Waals surface area contributed by atoms with Crippen molar-refractivity contribution in [2.24, 2.45) is 5.92 Å². The zero-order valence-electron chi connectivity index (χ0n) is 10.8. The van der Waals surface area contributed by atoms with E-state index in [2.05, 4.69) is 31.9 Å². The molecule has 0 spiro atoms. The molecule has 1 N–H and O–H groups in total. The zero-order valence-corrected chi connectivity index (χ0v) is 14.0. The molecule has 0 radical (unpaired) electrons. The van der Waals surface area contributed by atoms with Gasteiger partial charge < -0.3 is 5.11 Å². The Morgan fingerprint density at radius 3 is 2.45 bits per heavy atom. The van der Waals surface area contributed by atoms with Gasteiger partial charge in [-0.05, 0) is 60.2 Å². The van der Waals surface area contributed by atoms with E-state index in [1.54, 1.807) is 12.1 Å². The first kappa shape index (κ1) is 15.7. The standard InChI is InChI=1S/C16H15Br2FO/c17-14-3-1-2-11(8-14)6-12(10-20)7-13-9-15(18)4-5-16(13)19/h1-5,8-9,12,20H,6-7,10H2. The van der Waals surface area contributed by atoms with E-state index in [1.165, 1.54) is 6.07 Å². The molecule has 20 heavy (non-hydrogen) atoms. The predicted molar refractivity (Wildman–Crippen MR) is 86.2 cm³/mol. The second kappa shape index (κ2) is 7.34. The molecule has 2 rings (SSSR count). The molecule has 0 fully saturated rings. The van der Waals surface area contributed by atoms with Crippen LogP contribution in [0.25, 0.3) is 0 Å². The molecule has 0 aliphatic carbocycles. The molecule has 0 saturated heterocycles. The van der Waals surface area contributed by atoms with Gasteiger partial charge in [0, 0.05) is 15.6 Å². The van der Waals surface area contributed by atoms with Crippen molar-refractivity contribution in [1.82, 2.24) is 0 Å². The highest BCUT2D eigenvalue weighted by Crippen LogP contribution is 2.21. The minimum Gasteiger partial charge on any atom is -0.396 e. The largest absolute Gasteiger partial charge is 0.396 e. The Hall–Kier alpha value is -0.710. The zero-order chi connectivity index (χ0) is 14.5. The molecular formula is C16H15Br2FO. The number of aliphatic hydroxyl groups is 1. The van der Waals surface area contributed by atoms with Crippen molar-refractivity contribution >= 4 is 31.9 Å². The molecule has 4 heteroatoms. The van der Waals surface area contributed by atoms with Crippen LogP contribution in [-0.4, -0.2) is 11.7 Å². The van der Waals surface area contributed by atoms with E-state index in [1.807, 2.05) is 24.3 Å². The van der Waals surface area contributed by atoms with E-state index < -0.39 is 0 Å². The average molecular weight is 402 g/mol. The lowest BCUT2D eigenvalue weighted by Crippen LogP contribution is -2.14. The average Bonchev–Trinajstić information content (AvgIpc) is 2.42. The van der Waals surface area contributed by atoms with Gasteiger partial charge in [0.1, 0.15) is 5.82 Å². The number of hydrogen-bond donors (Lipinski definition) is 1. The lowest BCUT2D eigenvalue weighted by molar-refractivity contribution is 0.224. The third-order valence-electron chi connectivity index (χ3n) is 3.19. The summed E-state index contributed by atoms with van der Waals surface area (Å²) in [6, 6.07) is 12.9. The smallest absolute Gasteiger partial charge is 0.126 e. The van der Waals surface area contributed by atoms with Gasteiger partial charge in [0.25, 0.3) is 0 Å². The summed E-state index contributed by atoms with van der Waals surface area (Å²) in [5, 5.41) is 9.53. The molecule has 0 saturated carbocycles. The van der Waals surface area contributed by atoms with Gasteiger partial charge in [-0.2, -0.15) is 0 Å². The van der Waals surface area contributed by atoms with Gasteiger partial charge in [0.05, 0.1) is 0 Å². The fourth-order valence-corrected chi connectivity index (χ4v) is 3.06. The number of halogens is 3. The monoisotopic (exact) mass is 400 g/mol. The Morgan fingerprint density at radius 1 is 1.00 bits per heavy atom. The summed E-state index contributed by atoms with van der Waals surface area (Å²) >= 11 is 6.78. The van der Waals surface area contributed by atoms with Crippen LogP contribution in [0, 0.1) is 11.7 Å². The van der Waals surface area contributed by atoms with Crippen LogP contribution in [-0.2, 0) is 12.8 Å². The van der Waals surface area contributed by atoms with Crippen molar-refractivity contribution < 1.29 is 9.50 Å². The third-order valence-corrected chi connectivity index (χ3v) is 4.17. The molecular weight excluding hydrogens is 387 g/mol. The maximum Gasteiger partial charge on any atom is 0.126 e. The van der Waals surface area contributed by atoms with Crippen molar-refractivity contribution in [3.8, 4) is 0 Å². The summed E-state index contributed by atoms with van der Waals surface area (Å²) in [5.74, 6) is -0.214. The van der Waals surface area contributed by atoms with Crippen molar-refractivity contribution in [1.29, 1.82) is 0 Å². The summed E-state index contributed by atoms with van der Waals surface area (Å²) in [6.45, 7) is 0.0401. The minimum absolute atomic E-state index is 0.00750. The molecule has 1 nitrogen and oxygen atoms in total. The SMILES string of the molecule is OCC(Cc1cccc(Br)c1)Cc1cc(Br)ccc1F. The summed E-state index contributed by atoms with van der Waals surface area (Å²) < 4.78 is 15.6. The van der Waals surface area contributed by atoms with Crippen LogP contribution in [0.4, 0.5) is 4.39 Å². The van der Waals surface area contributed by atoms with Gasteiger partial charge >= 0.3 is 0 Å². The molecule has 0 heterocycles. The Bertz CT molecular complexity index is 586. The van der Waals surface area contributed by atoms with E-state index in [4.69, 9.17) is 0 Å². The molecule has 2 aromatic carbocycles. The maximum absolute atomic E-state index is 13.8. The molecule has 1 unspecified atom stereocenters. The minimum atomic E-state index is -0.221. The molecule has 0 amide bonds. The van der Waals surface area contributed by atoms with Gasteiger partial charge in [-0.15, -0.1) is 0 Å². The Labute approximate surface area is 135 Å². The van der Waals surface area contributed by atoms with E-state index in [9.17, 15) is 9.50 Å². The third kappa shape index (κ3) is 4.40. The van der Waals surface area contributed by atoms with Crippen LogP contribution >= 0.6 is 31.9 Å². The Balaban J connectivity index is 2.11. The van der Waals surface area contributed by atoms with E-state index in [-0.39, 0.29) is 18.3 Å². The van der Waals surface area contributed by atoms with Crippen molar-refractivity contribution in [3.05, 3.63) is 68.4 Å². The van der Waals surface area contributed by atoms with Crippen molar-refractivity contribution in [3.63, 3.8) is 0 Å². The van der Waals surface area contributed by atoms with Crippen LogP contribution in [0.1, 0.15) is 11.1 Å². The number of rotatable bonds is 5. The second-order valence-corrected chi connectivity index (χ2v) is 6.65. The number of hydrogen-bond acceptors (Lipinski definition) is 1. The van der Waals surface area contributed by atoms with Gasteiger partial charge in [-0.1, -0.05) is 44.0 Å². The van der Waals surface area contributed by atoms with Gasteiger partial charge in [0.2, 0.25) is 0 Å². The molecule has 2 aromatic rings. The topological polar surface area (TPSA) is 20.2 Å². The number of aliphatic hydroxyl groups excluding tert-OH is 1. The first-order valence-electron chi connectivity index (χ1n) is 6.37. The molecule has 0 aromatic heterocycles. The van der Waals surface area contributed by atoms with Crippen molar-refractivity contribution in [2.45, 2.75) is 12.8 Å². The molecule has 0 bridgehead atoms. The maximum atomic E-state index is 13.8.